The minimum absolute atomic E-state index is 0.0398. The molecule has 5 rings (SSSR count). The SMILES string of the molecule is O=C(NC(Cc1cccc(Oc2ccc(Cl)c(Cl)c2)c1)C(=O)O)OCC1c2ccccc2-c2ccccc21. The monoisotopic (exact) mass is 547 g/mol. The molecule has 0 saturated carbocycles. The van der Waals surface area contributed by atoms with Crippen LogP contribution < -0.4 is 10.1 Å². The van der Waals surface area contributed by atoms with Crippen LogP contribution in [0.1, 0.15) is 22.6 Å². The van der Waals surface area contributed by atoms with Gasteiger partial charge >= 0.3 is 12.1 Å². The molecule has 0 heterocycles. The maximum absolute atomic E-state index is 12.7. The summed E-state index contributed by atoms with van der Waals surface area (Å²) < 4.78 is 11.3. The zero-order chi connectivity index (χ0) is 26.6. The zero-order valence-corrected chi connectivity index (χ0v) is 21.6. The quantitative estimate of drug-likeness (QED) is 0.241. The van der Waals surface area contributed by atoms with Crippen LogP contribution in [0.3, 0.4) is 0 Å². The fourth-order valence-electron chi connectivity index (χ4n) is 4.63. The van der Waals surface area contributed by atoms with Gasteiger partial charge in [-0.05, 0) is 52.1 Å². The second-order valence-electron chi connectivity index (χ2n) is 8.89. The van der Waals surface area contributed by atoms with Crippen molar-refractivity contribution >= 4 is 35.3 Å². The van der Waals surface area contributed by atoms with Gasteiger partial charge in [-0.3, -0.25) is 0 Å². The van der Waals surface area contributed by atoms with Gasteiger partial charge in [-0.15, -0.1) is 0 Å². The molecule has 192 valence electrons. The Morgan fingerprint density at radius 3 is 2.13 bits per heavy atom. The third kappa shape index (κ3) is 5.62. The van der Waals surface area contributed by atoms with Crippen LogP contribution in [0.15, 0.2) is 91.0 Å². The van der Waals surface area contributed by atoms with Crippen LogP contribution in [0.5, 0.6) is 11.5 Å². The molecule has 0 radical (unpaired) electrons. The molecule has 2 N–H and O–H groups in total. The van der Waals surface area contributed by atoms with Gasteiger partial charge in [0.05, 0.1) is 10.0 Å². The second kappa shape index (κ2) is 11.2. The number of aliphatic carboxylic acids is 1. The molecular formula is C30H23Cl2NO5. The van der Waals surface area contributed by atoms with Gasteiger partial charge in [0.25, 0.3) is 0 Å². The highest BCUT2D eigenvalue weighted by molar-refractivity contribution is 6.42. The van der Waals surface area contributed by atoms with Crippen LogP contribution in [0.4, 0.5) is 4.79 Å². The number of carbonyl (C=O) groups excluding carboxylic acids is 1. The number of fused-ring (bicyclic) bond motifs is 3. The van der Waals surface area contributed by atoms with Crippen molar-refractivity contribution in [3.63, 3.8) is 0 Å². The van der Waals surface area contributed by atoms with Crippen molar-refractivity contribution in [3.05, 3.63) is 118 Å². The van der Waals surface area contributed by atoms with Crippen LogP contribution in [0, 0.1) is 0 Å². The topological polar surface area (TPSA) is 84.9 Å². The Balaban J connectivity index is 1.23. The number of hydrogen-bond donors (Lipinski definition) is 2. The van der Waals surface area contributed by atoms with Gasteiger partial charge in [0.2, 0.25) is 0 Å². The molecule has 1 aliphatic rings. The average Bonchev–Trinajstić information content (AvgIpc) is 3.23. The number of ether oxygens (including phenoxy) is 2. The smallest absolute Gasteiger partial charge is 0.407 e. The largest absolute Gasteiger partial charge is 0.480 e. The van der Waals surface area contributed by atoms with Crippen molar-refractivity contribution in [2.45, 2.75) is 18.4 Å². The molecule has 0 saturated heterocycles. The Morgan fingerprint density at radius 2 is 1.47 bits per heavy atom. The first-order valence-electron chi connectivity index (χ1n) is 11.9. The zero-order valence-electron chi connectivity index (χ0n) is 20.1. The lowest BCUT2D eigenvalue weighted by Gasteiger charge is -2.18. The van der Waals surface area contributed by atoms with Gasteiger partial charge in [0.1, 0.15) is 24.1 Å². The molecule has 0 aromatic heterocycles. The molecule has 4 aromatic rings. The molecule has 6 nitrogen and oxygen atoms in total. The third-order valence-corrected chi connectivity index (χ3v) is 7.14. The van der Waals surface area contributed by atoms with E-state index >= 15 is 0 Å². The number of alkyl carbamates (subject to hydrolysis) is 1. The predicted molar refractivity (Wildman–Crippen MR) is 146 cm³/mol. The lowest BCUT2D eigenvalue weighted by Crippen LogP contribution is -2.42. The Hall–Kier alpha value is -4.00. The molecular weight excluding hydrogens is 525 g/mol. The fourth-order valence-corrected chi connectivity index (χ4v) is 4.92. The summed E-state index contributed by atoms with van der Waals surface area (Å²) in [5.74, 6) is -0.310. The number of rotatable bonds is 8. The van der Waals surface area contributed by atoms with Gasteiger partial charge in [-0.25, -0.2) is 9.59 Å². The van der Waals surface area contributed by atoms with Crippen molar-refractivity contribution in [2.24, 2.45) is 0 Å². The summed E-state index contributed by atoms with van der Waals surface area (Å²) in [5.41, 5.74) is 5.05. The minimum Gasteiger partial charge on any atom is -0.480 e. The number of benzene rings is 4. The van der Waals surface area contributed by atoms with E-state index in [0.29, 0.717) is 27.1 Å². The highest BCUT2D eigenvalue weighted by atomic mass is 35.5. The summed E-state index contributed by atoms with van der Waals surface area (Å²) >= 11 is 12.0. The van der Waals surface area contributed by atoms with E-state index in [1.165, 1.54) is 0 Å². The van der Waals surface area contributed by atoms with E-state index in [-0.39, 0.29) is 18.9 Å². The summed E-state index contributed by atoms with van der Waals surface area (Å²) in [5, 5.41) is 13.0. The standard InChI is InChI=1S/C30H23Cl2NO5/c31-26-13-12-20(16-27(26)32)38-19-7-5-6-18(14-19)15-28(29(34)35)33-30(36)37-17-25-23-10-3-1-8-21(23)22-9-2-4-11-24(22)25/h1-14,16,25,28H,15,17H2,(H,33,36)(H,34,35). The molecule has 1 aliphatic carbocycles. The lowest BCUT2D eigenvalue weighted by atomic mass is 9.98. The Morgan fingerprint density at radius 1 is 0.816 bits per heavy atom. The van der Waals surface area contributed by atoms with E-state index < -0.39 is 18.1 Å². The maximum atomic E-state index is 12.7. The molecule has 38 heavy (non-hydrogen) atoms. The van der Waals surface area contributed by atoms with Gasteiger partial charge in [0, 0.05) is 18.4 Å². The van der Waals surface area contributed by atoms with Gasteiger partial charge in [-0.1, -0.05) is 83.9 Å². The van der Waals surface area contributed by atoms with Gasteiger partial charge in [0.15, 0.2) is 0 Å². The van der Waals surface area contributed by atoms with E-state index in [4.69, 9.17) is 32.7 Å². The predicted octanol–water partition coefficient (Wildman–Crippen LogP) is 7.32. The van der Waals surface area contributed by atoms with Crippen molar-refractivity contribution in [1.29, 1.82) is 0 Å². The van der Waals surface area contributed by atoms with E-state index in [1.807, 2.05) is 48.5 Å². The first-order valence-corrected chi connectivity index (χ1v) is 12.7. The minimum atomic E-state index is -1.19. The molecule has 0 fully saturated rings. The number of halogens is 2. The highest BCUT2D eigenvalue weighted by Gasteiger charge is 2.29. The van der Waals surface area contributed by atoms with Crippen LogP contribution in [0.2, 0.25) is 10.0 Å². The molecule has 0 spiro atoms. The summed E-state index contributed by atoms with van der Waals surface area (Å²) in [4.78, 5) is 24.6. The summed E-state index contributed by atoms with van der Waals surface area (Å²) in [7, 11) is 0. The van der Waals surface area contributed by atoms with Crippen molar-refractivity contribution < 1.29 is 24.2 Å². The Labute approximate surface area is 229 Å². The fraction of sp³-hybridized carbons (Fsp3) is 0.133. The second-order valence-corrected chi connectivity index (χ2v) is 9.70. The lowest BCUT2D eigenvalue weighted by molar-refractivity contribution is -0.139. The molecule has 1 amide bonds. The van der Waals surface area contributed by atoms with Crippen LogP contribution in [0.25, 0.3) is 11.1 Å². The van der Waals surface area contributed by atoms with E-state index in [2.05, 4.69) is 5.32 Å². The van der Waals surface area contributed by atoms with Crippen molar-refractivity contribution in [1.82, 2.24) is 5.32 Å². The van der Waals surface area contributed by atoms with Crippen molar-refractivity contribution in [3.8, 4) is 22.6 Å². The Kier molecular flexibility index (Phi) is 7.54. The van der Waals surface area contributed by atoms with E-state index in [0.717, 1.165) is 22.3 Å². The Bertz CT molecular complexity index is 1460. The number of carboxylic acid groups (broad SMARTS) is 1. The summed E-state index contributed by atoms with van der Waals surface area (Å²) in [6.07, 6.45) is -0.750. The van der Waals surface area contributed by atoms with Crippen LogP contribution >= 0.6 is 23.2 Å². The molecule has 1 atom stereocenters. The molecule has 0 aliphatic heterocycles. The van der Waals surface area contributed by atoms with Crippen LogP contribution in [-0.4, -0.2) is 29.8 Å². The van der Waals surface area contributed by atoms with Gasteiger partial charge in [-0.2, -0.15) is 0 Å². The average molecular weight is 548 g/mol. The normalized spacial score (nSPS) is 12.8. The maximum Gasteiger partial charge on any atom is 0.407 e. The molecule has 1 unspecified atom stereocenters. The summed E-state index contributed by atoms with van der Waals surface area (Å²) in [6, 6.07) is 26.7. The van der Waals surface area contributed by atoms with Crippen LogP contribution in [-0.2, 0) is 16.0 Å². The molecule has 0 bridgehead atoms. The first kappa shape index (κ1) is 25.6. The van der Waals surface area contributed by atoms with Gasteiger partial charge < -0.3 is 19.9 Å². The summed E-state index contributed by atoms with van der Waals surface area (Å²) in [6.45, 7) is 0.0964. The number of carbonyl (C=O) groups is 2. The number of amides is 1. The number of nitrogens with one attached hydrogen (secondary N) is 1. The van der Waals surface area contributed by atoms with E-state index in [1.54, 1.807) is 42.5 Å². The first-order chi connectivity index (χ1) is 18.4. The molecule has 8 heteroatoms. The van der Waals surface area contributed by atoms with E-state index in [9.17, 15) is 14.7 Å². The molecule has 4 aromatic carbocycles. The third-order valence-electron chi connectivity index (χ3n) is 6.40. The highest BCUT2D eigenvalue weighted by Crippen LogP contribution is 2.44. The number of carboxylic acids is 1. The van der Waals surface area contributed by atoms with Crippen molar-refractivity contribution in [2.75, 3.05) is 6.61 Å². The number of hydrogen-bond acceptors (Lipinski definition) is 4.